The number of anilines is 4. The summed E-state index contributed by atoms with van der Waals surface area (Å²) < 4.78 is 4.78. The summed E-state index contributed by atoms with van der Waals surface area (Å²) >= 11 is -0.931. The molecule has 73 heavy (non-hydrogen) atoms. The van der Waals surface area contributed by atoms with Crippen LogP contribution in [0.1, 0.15) is 105 Å². The van der Waals surface area contributed by atoms with Crippen LogP contribution < -0.4 is 44.4 Å². The van der Waals surface area contributed by atoms with Gasteiger partial charge in [-0.3, -0.25) is 0 Å². The predicted molar refractivity (Wildman–Crippen MR) is 313 cm³/mol. The Kier molecular flexibility index (Phi) is 31.1. The molecule has 6 nitrogen and oxygen atoms in total. The van der Waals surface area contributed by atoms with Crippen molar-refractivity contribution in [1.29, 1.82) is 0 Å². The molecule has 2 aliphatic carbocycles. The third kappa shape index (κ3) is 17.9. The van der Waals surface area contributed by atoms with Crippen molar-refractivity contribution in [2.75, 3.05) is 98.1 Å². The van der Waals surface area contributed by atoms with Gasteiger partial charge < -0.3 is 44.4 Å². The Labute approximate surface area is 470 Å². The molecule has 0 spiro atoms. The first kappa shape index (κ1) is 64.8. The summed E-state index contributed by atoms with van der Waals surface area (Å²) in [5.74, 6) is 0. The van der Waals surface area contributed by atoms with Crippen molar-refractivity contribution in [1.82, 2.24) is 0 Å². The van der Waals surface area contributed by atoms with Crippen molar-refractivity contribution in [3.05, 3.63) is 179 Å². The van der Waals surface area contributed by atoms with Crippen LogP contribution in [0.2, 0.25) is 0 Å². The third-order valence-electron chi connectivity index (χ3n) is 13.7. The fraction of sp³-hybridized carbons (Fsp3) is 0.387. The van der Waals surface area contributed by atoms with Crippen molar-refractivity contribution in [2.24, 2.45) is 0 Å². The van der Waals surface area contributed by atoms with Gasteiger partial charge in [0.2, 0.25) is 0 Å². The van der Waals surface area contributed by atoms with Gasteiger partial charge in [-0.15, -0.1) is 0 Å². The third-order valence-corrected chi connectivity index (χ3v) is 13.7. The summed E-state index contributed by atoms with van der Waals surface area (Å²) in [6, 6.07) is 36.3. The van der Waals surface area contributed by atoms with E-state index in [1.807, 2.05) is 0 Å². The van der Waals surface area contributed by atoms with Gasteiger partial charge in [-0.2, -0.15) is 0 Å². The van der Waals surface area contributed by atoms with E-state index in [0.717, 1.165) is 78.5 Å². The summed E-state index contributed by atoms with van der Waals surface area (Å²) in [6.45, 7) is 38.8. The molecular formula is C62H84Cl4N6Zn. The molecule has 0 aromatic heterocycles. The first-order valence-corrected chi connectivity index (χ1v) is 34.4. The van der Waals surface area contributed by atoms with Crippen LogP contribution in [0.25, 0.3) is 11.1 Å². The second-order valence-corrected chi connectivity index (χ2v) is 21.8. The molecule has 0 amide bonds. The Hall–Kier alpha value is -4.36. The van der Waals surface area contributed by atoms with E-state index in [2.05, 4.69) is 258 Å². The Morgan fingerprint density at radius 3 is 0.658 bits per heavy atom. The van der Waals surface area contributed by atoms with Gasteiger partial charge in [0.05, 0.1) is 0 Å². The van der Waals surface area contributed by atoms with E-state index in [1.54, 1.807) is 0 Å². The zero-order valence-corrected chi connectivity index (χ0v) is 52.2. The molecule has 0 aliphatic heterocycles. The van der Waals surface area contributed by atoms with Crippen LogP contribution in [0.15, 0.2) is 157 Å². The van der Waals surface area contributed by atoms with Crippen LogP contribution >= 0.6 is 19.4 Å². The van der Waals surface area contributed by atoms with Crippen LogP contribution in [-0.2, 0) is 15.1 Å². The van der Waals surface area contributed by atoms with Crippen molar-refractivity contribution in [3.8, 4) is 0 Å². The first-order chi connectivity index (χ1) is 34.6. The number of halogens is 4. The van der Waals surface area contributed by atoms with E-state index in [0.29, 0.717) is 0 Å². The number of hydrogen-bond acceptors (Lipinski definition) is 4. The van der Waals surface area contributed by atoms with Crippen molar-refractivity contribution < 1.29 is 49.1 Å². The van der Waals surface area contributed by atoms with Gasteiger partial charge in [-0.05, 0) is 200 Å². The minimum absolute atomic E-state index is 0. The van der Waals surface area contributed by atoms with Gasteiger partial charge in [0.15, 0.2) is 11.4 Å². The molecule has 0 bridgehead atoms. The van der Waals surface area contributed by atoms with Gasteiger partial charge in [0, 0.05) is 99.4 Å². The van der Waals surface area contributed by atoms with Gasteiger partial charge in [-0.25, -0.2) is 9.15 Å². The van der Waals surface area contributed by atoms with Gasteiger partial charge in [-0.1, -0.05) is 48.5 Å². The molecule has 0 saturated heterocycles. The molecule has 4 aromatic rings. The molecule has 0 unspecified atom stereocenters. The minimum atomic E-state index is -0.931. The van der Waals surface area contributed by atoms with E-state index in [-0.39, 0.29) is 24.8 Å². The van der Waals surface area contributed by atoms with Crippen LogP contribution in [0.4, 0.5) is 22.7 Å². The average Bonchev–Trinajstić information content (AvgIpc) is 3.41. The van der Waals surface area contributed by atoms with E-state index < -0.39 is 15.1 Å². The maximum absolute atomic E-state index is 4.95. The Bertz CT molecular complexity index is 2150. The number of rotatable bonds is 20. The Morgan fingerprint density at radius 2 is 0.507 bits per heavy atom. The molecule has 0 fully saturated rings. The van der Waals surface area contributed by atoms with Crippen LogP contribution in [0, 0.1) is 0 Å². The molecule has 0 atom stereocenters. The predicted octanol–water partition coefficient (Wildman–Crippen LogP) is 8.98. The number of benzene rings is 4. The van der Waals surface area contributed by atoms with Crippen LogP contribution in [-0.4, -0.2) is 99.1 Å². The van der Waals surface area contributed by atoms with E-state index in [9.17, 15) is 0 Å². The van der Waals surface area contributed by atoms with Crippen molar-refractivity contribution in [3.63, 3.8) is 0 Å². The summed E-state index contributed by atoms with van der Waals surface area (Å²) in [7, 11) is 9.90. The van der Waals surface area contributed by atoms with Gasteiger partial charge >= 0.3 is 34.5 Å². The second-order valence-electron chi connectivity index (χ2n) is 17.2. The molecule has 0 N–H and O–H groups in total. The molecule has 2 aliphatic rings. The fourth-order valence-electron chi connectivity index (χ4n) is 9.57. The standard InChI is InChI=1S/2C31H42N3.4ClH.Zn/c2*1-7-32(8-2)28-19-13-25(14-20-28)31(26-15-21-29(22-16-26)33(9-3)10-4)27-17-23-30(24-18-27)34(11-5)12-6;;;;;/h2*13-24H,7-12H2,1-6H3;4*1H;/q2*+1;;;;;+2/p-4. The molecule has 4 aromatic carbocycles. The molecule has 11 heteroatoms. The fourth-order valence-corrected chi connectivity index (χ4v) is 9.57. The summed E-state index contributed by atoms with van der Waals surface area (Å²) in [4.78, 5) is 9.56. The van der Waals surface area contributed by atoms with Crippen molar-refractivity contribution in [2.45, 2.75) is 83.1 Å². The molecular weight excluding hydrogens is 1040 g/mol. The molecule has 0 radical (unpaired) electrons. The van der Waals surface area contributed by atoms with E-state index in [4.69, 9.17) is 19.4 Å². The second kappa shape index (κ2) is 35.0. The average molecular weight is 1120 g/mol. The van der Waals surface area contributed by atoms with Gasteiger partial charge in [0.25, 0.3) is 0 Å². The van der Waals surface area contributed by atoms with Gasteiger partial charge in [0.1, 0.15) is 26.2 Å². The van der Waals surface area contributed by atoms with Crippen molar-refractivity contribution >= 4 is 64.7 Å². The summed E-state index contributed by atoms with van der Waals surface area (Å²) in [5.41, 5.74) is 17.8. The topological polar surface area (TPSA) is 19.0 Å². The van der Waals surface area contributed by atoms with E-state index in [1.165, 1.54) is 78.7 Å². The zero-order chi connectivity index (χ0) is 51.7. The molecule has 6 rings (SSSR count). The Morgan fingerprint density at radius 1 is 0.329 bits per heavy atom. The monoisotopic (exact) mass is 1120 g/mol. The zero-order valence-electron chi connectivity index (χ0n) is 46.2. The molecule has 392 valence electrons. The summed E-state index contributed by atoms with van der Waals surface area (Å²) in [5, 5.41) is 0. The number of nitrogens with zero attached hydrogens (tertiary/aromatic N) is 6. The molecule has 0 saturated carbocycles. The molecule has 0 heterocycles. The number of allylic oxidation sites excluding steroid dienone is 10. The van der Waals surface area contributed by atoms with Crippen LogP contribution in [0.5, 0.6) is 0 Å². The normalized spacial score (nSPS) is 12.0. The SMILES string of the molecule is CCN(CC)c1ccc(C(=C2C=CC(=[N+](CC)CC)C=C2)c2ccc(N(CC)CC)cc2)cc1.CCN(CC)c1ccc(C(=C2C=CC(=[N+](CC)CC)C=C2)c2ccc(N(CC)CC)cc2)cc1.[Cl-].[Cl-].[Cl][Zn][Cl]. The Balaban J connectivity index is 0.000000462. The van der Waals surface area contributed by atoms with Crippen LogP contribution in [0.3, 0.4) is 0 Å². The maximum atomic E-state index is 4.95. The number of hydrogen-bond donors (Lipinski definition) is 0. The van der Waals surface area contributed by atoms with E-state index >= 15 is 0 Å². The first-order valence-electron chi connectivity index (χ1n) is 26.6. The summed E-state index contributed by atoms with van der Waals surface area (Å²) in [6.07, 6.45) is 18.2. The quantitative estimate of drug-likeness (QED) is 0.0651.